The van der Waals surface area contributed by atoms with Gasteiger partial charge in [-0.2, -0.15) is 5.26 Å². The van der Waals surface area contributed by atoms with Gasteiger partial charge < -0.3 is 10.5 Å². The molecule has 0 amide bonds. The van der Waals surface area contributed by atoms with E-state index in [1.807, 2.05) is 37.3 Å². The zero-order chi connectivity index (χ0) is 12.3. The molecule has 0 aliphatic rings. The Morgan fingerprint density at radius 2 is 2.12 bits per heavy atom. The number of nitrogens with zero attached hydrogens (tertiary/aromatic N) is 2. The number of pyridine rings is 1. The Balaban J connectivity index is 2.32. The highest BCUT2D eigenvalue weighted by molar-refractivity contribution is 5.53. The summed E-state index contributed by atoms with van der Waals surface area (Å²) in [6.07, 6.45) is 1.43. The van der Waals surface area contributed by atoms with Gasteiger partial charge in [0, 0.05) is 6.20 Å². The SMILES string of the molecule is Cc1ccccc1Oc1ncc(C#N)cc1N. The summed E-state index contributed by atoms with van der Waals surface area (Å²) in [6.45, 7) is 1.94. The predicted molar refractivity (Wildman–Crippen MR) is 64.6 cm³/mol. The number of benzene rings is 1. The number of ether oxygens (including phenoxy) is 1. The maximum atomic E-state index is 8.70. The second-order valence-electron chi connectivity index (χ2n) is 3.60. The van der Waals surface area contributed by atoms with E-state index in [4.69, 9.17) is 15.7 Å². The minimum Gasteiger partial charge on any atom is -0.437 e. The standard InChI is InChI=1S/C13H11N3O/c1-9-4-2-3-5-12(9)17-13-11(15)6-10(7-14)8-16-13/h2-6,8H,15H2,1H3. The molecule has 17 heavy (non-hydrogen) atoms. The molecule has 2 rings (SSSR count). The monoisotopic (exact) mass is 225 g/mol. The van der Waals surface area contributed by atoms with E-state index in [-0.39, 0.29) is 0 Å². The number of aryl methyl sites for hydroxylation is 1. The summed E-state index contributed by atoms with van der Waals surface area (Å²) in [5, 5.41) is 8.70. The lowest BCUT2D eigenvalue weighted by Gasteiger charge is -2.09. The van der Waals surface area contributed by atoms with Crippen LogP contribution in [0.3, 0.4) is 0 Å². The van der Waals surface area contributed by atoms with E-state index in [1.54, 1.807) is 6.07 Å². The molecule has 4 nitrogen and oxygen atoms in total. The topological polar surface area (TPSA) is 71.9 Å². The Morgan fingerprint density at radius 3 is 2.76 bits per heavy atom. The number of para-hydroxylation sites is 1. The quantitative estimate of drug-likeness (QED) is 0.852. The van der Waals surface area contributed by atoms with Gasteiger partial charge in [-0.05, 0) is 24.6 Å². The number of aromatic nitrogens is 1. The van der Waals surface area contributed by atoms with Gasteiger partial charge >= 0.3 is 0 Å². The normalized spacial score (nSPS) is 9.65. The van der Waals surface area contributed by atoms with Crippen LogP contribution in [-0.2, 0) is 0 Å². The first-order chi connectivity index (χ1) is 8.20. The van der Waals surface area contributed by atoms with Crippen LogP contribution in [0.5, 0.6) is 11.6 Å². The minimum atomic E-state index is 0.318. The van der Waals surface area contributed by atoms with Crippen molar-refractivity contribution in [3.05, 3.63) is 47.7 Å². The average Bonchev–Trinajstić information content (AvgIpc) is 2.34. The molecule has 0 saturated carbocycles. The van der Waals surface area contributed by atoms with Crippen LogP contribution in [0.2, 0.25) is 0 Å². The fraction of sp³-hybridized carbons (Fsp3) is 0.0769. The Labute approximate surface area is 99.3 Å². The average molecular weight is 225 g/mol. The van der Waals surface area contributed by atoms with Crippen molar-refractivity contribution in [1.29, 1.82) is 5.26 Å². The molecular formula is C13H11N3O. The number of hydrogen-bond donors (Lipinski definition) is 1. The zero-order valence-electron chi connectivity index (χ0n) is 9.34. The summed E-state index contributed by atoms with van der Waals surface area (Å²) in [5.41, 5.74) is 7.52. The lowest BCUT2D eigenvalue weighted by atomic mass is 10.2. The van der Waals surface area contributed by atoms with Crippen LogP contribution in [0.15, 0.2) is 36.5 Å². The molecule has 0 unspecified atom stereocenters. The Hall–Kier alpha value is -2.54. The molecule has 1 aromatic carbocycles. The minimum absolute atomic E-state index is 0.318. The number of nitrogens with two attached hydrogens (primary N) is 1. The fourth-order valence-electron chi connectivity index (χ4n) is 1.39. The van der Waals surface area contributed by atoms with E-state index < -0.39 is 0 Å². The smallest absolute Gasteiger partial charge is 0.242 e. The van der Waals surface area contributed by atoms with Crippen LogP contribution in [0.25, 0.3) is 0 Å². The van der Waals surface area contributed by atoms with Crippen LogP contribution >= 0.6 is 0 Å². The van der Waals surface area contributed by atoms with Gasteiger partial charge in [-0.3, -0.25) is 0 Å². The van der Waals surface area contributed by atoms with E-state index >= 15 is 0 Å². The lowest BCUT2D eigenvalue weighted by molar-refractivity contribution is 0.462. The van der Waals surface area contributed by atoms with Crippen molar-refractivity contribution in [3.8, 4) is 17.7 Å². The zero-order valence-corrected chi connectivity index (χ0v) is 9.34. The van der Waals surface area contributed by atoms with E-state index in [0.29, 0.717) is 22.9 Å². The van der Waals surface area contributed by atoms with Crippen LogP contribution in [0, 0.1) is 18.3 Å². The first-order valence-electron chi connectivity index (χ1n) is 5.10. The van der Waals surface area contributed by atoms with Gasteiger partial charge in [0.15, 0.2) is 0 Å². The third-order valence-corrected chi connectivity index (χ3v) is 2.31. The highest BCUT2D eigenvalue weighted by atomic mass is 16.5. The van der Waals surface area contributed by atoms with Crippen LogP contribution in [0.1, 0.15) is 11.1 Å². The molecule has 2 N–H and O–H groups in total. The van der Waals surface area contributed by atoms with Crippen molar-refractivity contribution in [2.75, 3.05) is 5.73 Å². The highest BCUT2D eigenvalue weighted by Gasteiger charge is 2.06. The third kappa shape index (κ3) is 2.34. The first kappa shape index (κ1) is 11.0. The molecule has 0 atom stereocenters. The highest BCUT2D eigenvalue weighted by Crippen LogP contribution is 2.27. The van der Waals surface area contributed by atoms with Gasteiger partial charge in [-0.15, -0.1) is 0 Å². The molecule has 0 aliphatic carbocycles. The summed E-state index contributed by atoms with van der Waals surface area (Å²) in [4.78, 5) is 4.02. The number of nitriles is 1. The summed E-state index contributed by atoms with van der Waals surface area (Å²) in [5.74, 6) is 1.02. The van der Waals surface area contributed by atoms with Crippen molar-refractivity contribution in [2.45, 2.75) is 6.92 Å². The maximum Gasteiger partial charge on any atom is 0.242 e. The molecule has 0 radical (unpaired) electrons. The van der Waals surface area contributed by atoms with Crippen molar-refractivity contribution in [3.63, 3.8) is 0 Å². The number of nitrogen functional groups attached to an aromatic ring is 1. The van der Waals surface area contributed by atoms with E-state index in [1.165, 1.54) is 6.20 Å². The summed E-state index contributed by atoms with van der Waals surface area (Å²) in [7, 11) is 0. The van der Waals surface area contributed by atoms with Crippen molar-refractivity contribution in [2.24, 2.45) is 0 Å². The molecule has 4 heteroatoms. The third-order valence-electron chi connectivity index (χ3n) is 2.31. The van der Waals surface area contributed by atoms with Crippen molar-refractivity contribution >= 4 is 5.69 Å². The van der Waals surface area contributed by atoms with Crippen molar-refractivity contribution < 1.29 is 4.74 Å². The molecule has 0 fully saturated rings. The second-order valence-corrected chi connectivity index (χ2v) is 3.60. The molecule has 0 spiro atoms. The van der Waals surface area contributed by atoms with Gasteiger partial charge in [0.05, 0.1) is 11.3 Å². The van der Waals surface area contributed by atoms with Gasteiger partial charge in [0.2, 0.25) is 5.88 Å². The predicted octanol–water partition coefficient (Wildman–Crippen LogP) is 2.64. The second kappa shape index (κ2) is 4.54. The first-order valence-corrected chi connectivity index (χ1v) is 5.10. The lowest BCUT2D eigenvalue weighted by Crippen LogP contribution is -1.96. The number of hydrogen-bond acceptors (Lipinski definition) is 4. The summed E-state index contributed by atoms with van der Waals surface area (Å²) < 4.78 is 5.59. The maximum absolute atomic E-state index is 8.70. The molecule has 0 saturated heterocycles. The van der Waals surface area contributed by atoms with Crippen LogP contribution < -0.4 is 10.5 Å². The number of rotatable bonds is 2. The van der Waals surface area contributed by atoms with Crippen LogP contribution in [0.4, 0.5) is 5.69 Å². The Morgan fingerprint density at radius 1 is 1.35 bits per heavy atom. The molecule has 1 heterocycles. The molecule has 84 valence electrons. The van der Waals surface area contributed by atoms with E-state index in [9.17, 15) is 0 Å². The number of anilines is 1. The molecule has 0 aliphatic heterocycles. The Kier molecular flexibility index (Phi) is 2.93. The molecular weight excluding hydrogens is 214 g/mol. The molecule has 0 bridgehead atoms. The summed E-state index contributed by atoms with van der Waals surface area (Å²) >= 11 is 0. The van der Waals surface area contributed by atoms with Gasteiger partial charge in [0.1, 0.15) is 11.8 Å². The van der Waals surface area contributed by atoms with Crippen molar-refractivity contribution in [1.82, 2.24) is 4.98 Å². The van der Waals surface area contributed by atoms with E-state index in [0.717, 1.165) is 5.56 Å². The van der Waals surface area contributed by atoms with E-state index in [2.05, 4.69) is 4.98 Å². The van der Waals surface area contributed by atoms with Gasteiger partial charge in [-0.1, -0.05) is 18.2 Å². The largest absolute Gasteiger partial charge is 0.437 e. The molecule has 1 aromatic heterocycles. The summed E-state index contributed by atoms with van der Waals surface area (Å²) in [6, 6.07) is 11.1. The Bertz CT molecular complexity index is 587. The van der Waals surface area contributed by atoms with Crippen LogP contribution in [-0.4, -0.2) is 4.98 Å². The van der Waals surface area contributed by atoms with Gasteiger partial charge in [-0.25, -0.2) is 4.98 Å². The molecule has 2 aromatic rings. The van der Waals surface area contributed by atoms with Gasteiger partial charge in [0.25, 0.3) is 0 Å². The fourth-order valence-corrected chi connectivity index (χ4v) is 1.39.